The maximum Gasteiger partial charge on any atom is 0.226 e. The largest absolute Gasteiger partial charge is 0.497 e. The molecule has 0 saturated heterocycles. The van der Waals surface area contributed by atoms with Crippen LogP contribution in [0.1, 0.15) is 22.9 Å². The van der Waals surface area contributed by atoms with Crippen molar-refractivity contribution in [2.75, 3.05) is 7.11 Å². The van der Waals surface area contributed by atoms with Gasteiger partial charge in [0.15, 0.2) is 0 Å². The summed E-state index contributed by atoms with van der Waals surface area (Å²) in [6.07, 6.45) is 1.70. The number of nitrogens with zero attached hydrogens (tertiary/aromatic N) is 1. The molecule has 4 heteroatoms. The zero-order chi connectivity index (χ0) is 19.2. The summed E-state index contributed by atoms with van der Waals surface area (Å²) in [7, 11) is 1.65. The molecule has 0 aliphatic rings. The summed E-state index contributed by atoms with van der Waals surface area (Å²) in [4.78, 5) is 4.63. The van der Waals surface area contributed by atoms with Crippen LogP contribution in [0.3, 0.4) is 0 Å². The van der Waals surface area contributed by atoms with Crippen LogP contribution in [-0.2, 0) is 6.54 Å². The Morgan fingerprint density at radius 1 is 0.893 bits per heavy atom. The van der Waals surface area contributed by atoms with E-state index in [-0.39, 0.29) is 6.04 Å². The molecule has 0 bridgehead atoms. The highest BCUT2D eigenvalue weighted by atomic mass is 16.5. The summed E-state index contributed by atoms with van der Waals surface area (Å²) < 4.78 is 11.0. The van der Waals surface area contributed by atoms with Crippen LogP contribution < -0.4 is 10.1 Å². The molecule has 1 heterocycles. The summed E-state index contributed by atoms with van der Waals surface area (Å²) in [6, 6.07) is 28.6. The lowest BCUT2D eigenvalue weighted by Gasteiger charge is -2.19. The third kappa shape index (κ3) is 4.13. The number of hydrogen-bond donors (Lipinski definition) is 1. The molecular weight excluding hydrogens is 348 g/mol. The highest BCUT2D eigenvalue weighted by Gasteiger charge is 2.14. The van der Waals surface area contributed by atoms with E-state index in [4.69, 9.17) is 9.15 Å². The minimum absolute atomic E-state index is 0.0827. The molecule has 0 radical (unpaired) electrons. The Morgan fingerprint density at radius 3 is 2.21 bits per heavy atom. The van der Waals surface area contributed by atoms with Crippen molar-refractivity contribution in [2.45, 2.75) is 12.6 Å². The van der Waals surface area contributed by atoms with E-state index in [9.17, 15) is 0 Å². The number of benzene rings is 3. The summed E-state index contributed by atoms with van der Waals surface area (Å²) in [6.45, 7) is 0.599. The molecule has 4 nitrogen and oxygen atoms in total. The zero-order valence-corrected chi connectivity index (χ0v) is 15.7. The van der Waals surface area contributed by atoms with Crippen LogP contribution in [0.4, 0.5) is 0 Å². The fraction of sp³-hybridized carbons (Fsp3) is 0.125. The first-order chi connectivity index (χ1) is 13.8. The van der Waals surface area contributed by atoms with E-state index in [2.05, 4.69) is 58.8 Å². The fourth-order valence-electron chi connectivity index (χ4n) is 3.20. The molecule has 0 unspecified atom stereocenters. The Kier molecular flexibility index (Phi) is 5.50. The number of oxazole rings is 1. The Labute approximate surface area is 164 Å². The van der Waals surface area contributed by atoms with Gasteiger partial charge in [0.2, 0.25) is 5.89 Å². The molecule has 0 amide bonds. The molecule has 4 aromatic rings. The summed E-state index contributed by atoms with van der Waals surface area (Å²) in [5.41, 5.74) is 4.18. The lowest BCUT2D eigenvalue weighted by molar-refractivity contribution is 0.414. The molecule has 1 N–H and O–H groups in total. The van der Waals surface area contributed by atoms with Crippen molar-refractivity contribution in [1.29, 1.82) is 0 Å². The fourth-order valence-corrected chi connectivity index (χ4v) is 3.20. The summed E-state index contributed by atoms with van der Waals surface area (Å²) >= 11 is 0. The summed E-state index contributed by atoms with van der Waals surface area (Å²) in [5, 5.41) is 3.61. The number of nitrogens with one attached hydrogen (secondary N) is 1. The highest BCUT2D eigenvalue weighted by molar-refractivity contribution is 5.56. The van der Waals surface area contributed by atoms with Gasteiger partial charge in [-0.15, -0.1) is 0 Å². The number of ether oxygens (including phenoxy) is 1. The van der Waals surface area contributed by atoms with Gasteiger partial charge in [-0.25, -0.2) is 4.98 Å². The first-order valence-corrected chi connectivity index (χ1v) is 9.25. The molecule has 0 saturated carbocycles. The van der Waals surface area contributed by atoms with E-state index >= 15 is 0 Å². The van der Waals surface area contributed by atoms with Gasteiger partial charge >= 0.3 is 0 Å². The molecular formula is C24H22N2O2. The highest BCUT2D eigenvalue weighted by Crippen LogP contribution is 2.25. The molecule has 0 atom stereocenters. The second-order valence-corrected chi connectivity index (χ2v) is 6.51. The second kappa shape index (κ2) is 8.55. The maximum absolute atomic E-state index is 5.69. The van der Waals surface area contributed by atoms with Crippen molar-refractivity contribution in [2.24, 2.45) is 0 Å². The monoisotopic (exact) mass is 370 g/mol. The van der Waals surface area contributed by atoms with Crippen LogP contribution in [0.25, 0.3) is 11.5 Å². The smallest absolute Gasteiger partial charge is 0.226 e. The van der Waals surface area contributed by atoms with Crippen molar-refractivity contribution in [3.05, 3.63) is 108 Å². The lowest BCUT2D eigenvalue weighted by atomic mass is 9.99. The zero-order valence-electron chi connectivity index (χ0n) is 15.7. The quantitative estimate of drug-likeness (QED) is 0.484. The molecule has 140 valence electrons. The molecule has 1 aromatic heterocycles. The Morgan fingerprint density at radius 2 is 1.57 bits per heavy atom. The van der Waals surface area contributed by atoms with Crippen LogP contribution in [0.5, 0.6) is 5.75 Å². The van der Waals surface area contributed by atoms with Gasteiger partial charge in [-0.05, 0) is 29.3 Å². The van der Waals surface area contributed by atoms with E-state index in [1.807, 2.05) is 36.4 Å². The predicted molar refractivity (Wildman–Crippen MR) is 110 cm³/mol. The minimum Gasteiger partial charge on any atom is -0.497 e. The van der Waals surface area contributed by atoms with Crippen molar-refractivity contribution in [3.63, 3.8) is 0 Å². The second-order valence-electron chi connectivity index (χ2n) is 6.51. The molecule has 3 aromatic carbocycles. The average molecular weight is 370 g/mol. The number of hydrogen-bond acceptors (Lipinski definition) is 4. The van der Waals surface area contributed by atoms with Gasteiger partial charge in [-0.3, -0.25) is 0 Å². The van der Waals surface area contributed by atoms with Crippen molar-refractivity contribution >= 4 is 0 Å². The van der Waals surface area contributed by atoms with Crippen LogP contribution in [0.2, 0.25) is 0 Å². The molecule has 0 aliphatic heterocycles. The lowest BCUT2D eigenvalue weighted by Crippen LogP contribution is -2.22. The van der Waals surface area contributed by atoms with Gasteiger partial charge in [-0.1, -0.05) is 66.7 Å². The maximum atomic E-state index is 5.69. The van der Waals surface area contributed by atoms with Crippen molar-refractivity contribution in [1.82, 2.24) is 10.3 Å². The normalized spacial score (nSPS) is 10.9. The molecule has 28 heavy (non-hydrogen) atoms. The Bertz CT molecular complexity index is 973. The van der Waals surface area contributed by atoms with Gasteiger partial charge < -0.3 is 14.5 Å². The Hall–Kier alpha value is -3.37. The standard InChI is InChI=1S/C24H22N2O2/c1-27-22-14-8-13-20(15-22)24-26-21(17-28-24)16-25-23(18-9-4-2-5-10-18)19-11-6-3-7-12-19/h2-15,17,23,25H,16H2,1H3. The summed E-state index contributed by atoms with van der Waals surface area (Å²) in [5.74, 6) is 1.37. The van der Waals surface area contributed by atoms with Gasteiger partial charge in [0.1, 0.15) is 12.0 Å². The molecule has 0 spiro atoms. The van der Waals surface area contributed by atoms with E-state index in [1.165, 1.54) is 11.1 Å². The SMILES string of the molecule is COc1cccc(-c2nc(CNC(c3ccccc3)c3ccccc3)co2)c1. The number of aromatic nitrogens is 1. The minimum atomic E-state index is 0.0827. The molecule has 4 rings (SSSR count). The average Bonchev–Trinajstić information content (AvgIpc) is 3.25. The van der Waals surface area contributed by atoms with E-state index in [0.29, 0.717) is 12.4 Å². The van der Waals surface area contributed by atoms with Crippen LogP contribution in [-0.4, -0.2) is 12.1 Å². The number of methoxy groups -OCH3 is 1. The topological polar surface area (TPSA) is 47.3 Å². The van der Waals surface area contributed by atoms with E-state index < -0.39 is 0 Å². The predicted octanol–water partition coefficient (Wildman–Crippen LogP) is 5.23. The third-order valence-corrected chi connectivity index (χ3v) is 4.62. The van der Waals surface area contributed by atoms with E-state index in [0.717, 1.165) is 17.0 Å². The molecule has 0 aliphatic carbocycles. The van der Waals surface area contributed by atoms with Crippen molar-refractivity contribution < 1.29 is 9.15 Å². The van der Waals surface area contributed by atoms with E-state index in [1.54, 1.807) is 13.4 Å². The third-order valence-electron chi connectivity index (χ3n) is 4.62. The van der Waals surface area contributed by atoms with Crippen LogP contribution >= 0.6 is 0 Å². The van der Waals surface area contributed by atoms with Gasteiger partial charge in [0, 0.05) is 12.1 Å². The first-order valence-electron chi connectivity index (χ1n) is 9.25. The number of rotatable bonds is 7. The van der Waals surface area contributed by atoms with Crippen LogP contribution in [0, 0.1) is 0 Å². The van der Waals surface area contributed by atoms with Gasteiger partial charge in [0.25, 0.3) is 0 Å². The van der Waals surface area contributed by atoms with Crippen molar-refractivity contribution in [3.8, 4) is 17.2 Å². The van der Waals surface area contributed by atoms with Gasteiger partial charge in [0.05, 0.1) is 18.8 Å². The first kappa shape index (κ1) is 18.0. The molecule has 0 fully saturated rings. The van der Waals surface area contributed by atoms with Gasteiger partial charge in [-0.2, -0.15) is 0 Å². The Balaban J connectivity index is 1.53. The van der Waals surface area contributed by atoms with Crippen LogP contribution in [0.15, 0.2) is 95.6 Å².